The fourth-order valence-electron chi connectivity index (χ4n) is 2.22. The monoisotopic (exact) mass is 377 g/mol. The van der Waals surface area contributed by atoms with E-state index in [9.17, 15) is 4.79 Å². The number of imidazole rings is 1. The van der Waals surface area contributed by atoms with Gasteiger partial charge in [0, 0.05) is 6.04 Å². The van der Waals surface area contributed by atoms with Crippen LogP contribution in [0.4, 0.5) is 0 Å². The van der Waals surface area contributed by atoms with Crippen LogP contribution in [0.25, 0.3) is 21.1 Å². The summed E-state index contributed by atoms with van der Waals surface area (Å²) in [6.45, 7) is 5.83. The van der Waals surface area contributed by atoms with Crippen molar-refractivity contribution in [3.8, 4) is 21.1 Å². The van der Waals surface area contributed by atoms with Crippen molar-refractivity contribution >= 4 is 40.3 Å². The zero-order valence-electron chi connectivity index (χ0n) is 13.7. The molecule has 0 fully saturated rings. The number of hydrogen-bond donors (Lipinski definition) is 2. The van der Waals surface area contributed by atoms with Gasteiger partial charge in [-0.2, -0.15) is 0 Å². The van der Waals surface area contributed by atoms with E-state index in [4.69, 9.17) is 4.98 Å². The predicted molar refractivity (Wildman–Crippen MR) is 104 cm³/mol. The van der Waals surface area contributed by atoms with Crippen molar-refractivity contribution in [3.63, 3.8) is 0 Å². The maximum atomic E-state index is 12.1. The number of carbonyl (C=O) groups is 1. The van der Waals surface area contributed by atoms with E-state index >= 15 is 0 Å². The molecular weight excluding hydrogens is 358 g/mol. The second kappa shape index (κ2) is 7.55. The van der Waals surface area contributed by atoms with E-state index in [0.717, 1.165) is 26.3 Å². The third kappa shape index (κ3) is 3.91. The fraction of sp³-hybridized carbons (Fsp3) is 0.294. The maximum absolute atomic E-state index is 12.1. The minimum atomic E-state index is -0.203. The number of nitrogens with one attached hydrogen (secondary N) is 2. The van der Waals surface area contributed by atoms with Gasteiger partial charge in [0.2, 0.25) is 5.91 Å². The number of rotatable bonds is 6. The Bertz CT molecular complexity index is 740. The normalized spacial score (nSPS) is 12.5. The van der Waals surface area contributed by atoms with Crippen LogP contribution in [0.1, 0.15) is 20.8 Å². The fourth-order valence-corrected chi connectivity index (χ4v) is 4.48. The molecule has 3 aromatic heterocycles. The summed E-state index contributed by atoms with van der Waals surface area (Å²) in [4.78, 5) is 22.6. The van der Waals surface area contributed by atoms with Crippen LogP contribution < -0.4 is 5.32 Å². The Labute approximate surface area is 153 Å². The molecule has 4 nitrogen and oxygen atoms in total. The van der Waals surface area contributed by atoms with Crippen molar-refractivity contribution in [1.29, 1.82) is 0 Å². The van der Waals surface area contributed by atoms with E-state index in [-0.39, 0.29) is 17.2 Å². The number of H-pyrrole nitrogens is 1. The van der Waals surface area contributed by atoms with Crippen molar-refractivity contribution in [2.75, 3.05) is 0 Å². The van der Waals surface area contributed by atoms with Gasteiger partial charge in [-0.1, -0.05) is 23.9 Å². The first-order chi connectivity index (χ1) is 11.5. The molecule has 0 saturated heterocycles. The van der Waals surface area contributed by atoms with Crippen molar-refractivity contribution in [1.82, 2.24) is 15.3 Å². The SMILES string of the molecule is CC(C)NC(=O)C(C)Sc1nc(-c2cccs2)c(-c2cccs2)[nH]1. The van der Waals surface area contributed by atoms with Crippen LogP contribution >= 0.6 is 34.4 Å². The van der Waals surface area contributed by atoms with E-state index in [0.29, 0.717) is 0 Å². The average Bonchev–Trinajstić information content (AvgIpc) is 3.27. The van der Waals surface area contributed by atoms with Crippen LogP contribution in [-0.2, 0) is 4.79 Å². The Morgan fingerprint density at radius 2 is 1.83 bits per heavy atom. The van der Waals surface area contributed by atoms with E-state index < -0.39 is 0 Å². The van der Waals surface area contributed by atoms with E-state index in [2.05, 4.69) is 27.8 Å². The second-order valence-electron chi connectivity index (χ2n) is 5.64. The van der Waals surface area contributed by atoms with E-state index in [1.165, 1.54) is 11.8 Å². The molecule has 1 amide bonds. The summed E-state index contributed by atoms with van der Waals surface area (Å²) >= 11 is 4.80. The number of hydrogen-bond acceptors (Lipinski definition) is 5. The van der Waals surface area contributed by atoms with Gasteiger partial charge < -0.3 is 10.3 Å². The van der Waals surface area contributed by atoms with Crippen LogP contribution in [0.2, 0.25) is 0 Å². The molecule has 0 aliphatic heterocycles. The summed E-state index contributed by atoms with van der Waals surface area (Å²) in [7, 11) is 0. The number of carbonyl (C=O) groups excluding carboxylic acids is 1. The molecule has 0 spiro atoms. The highest BCUT2D eigenvalue weighted by Crippen LogP contribution is 2.37. The molecule has 126 valence electrons. The lowest BCUT2D eigenvalue weighted by Crippen LogP contribution is -2.35. The molecule has 3 heterocycles. The lowest BCUT2D eigenvalue weighted by Gasteiger charge is -2.12. The van der Waals surface area contributed by atoms with Gasteiger partial charge in [-0.25, -0.2) is 4.98 Å². The second-order valence-corrected chi connectivity index (χ2v) is 8.87. The molecule has 7 heteroatoms. The van der Waals surface area contributed by atoms with E-state index in [1.807, 2.05) is 38.3 Å². The smallest absolute Gasteiger partial charge is 0.233 e. The highest BCUT2D eigenvalue weighted by Gasteiger charge is 2.20. The van der Waals surface area contributed by atoms with Gasteiger partial charge in [0.05, 0.1) is 20.7 Å². The molecule has 0 aliphatic carbocycles. The minimum absolute atomic E-state index is 0.0294. The molecule has 0 aromatic carbocycles. The van der Waals surface area contributed by atoms with Crippen LogP contribution in [0, 0.1) is 0 Å². The third-order valence-corrected chi connectivity index (χ3v) is 6.04. The molecule has 0 radical (unpaired) electrons. The molecule has 3 rings (SSSR count). The summed E-state index contributed by atoms with van der Waals surface area (Å²) in [6, 6.07) is 8.35. The Kier molecular flexibility index (Phi) is 5.43. The third-order valence-electron chi connectivity index (χ3n) is 3.29. The highest BCUT2D eigenvalue weighted by atomic mass is 32.2. The molecule has 2 N–H and O–H groups in total. The number of amides is 1. The largest absolute Gasteiger partial charge is 0.353 e. The van der Waals surface area contributed by atoms with Crippen LogP contribution in [0.15, 0.2) is 40.2 Å². The molecular formula is C17H19N3OS3. The lowest BCUT2D eigenvalue weighted by atomic mass is 10.2. The zero-order valence-corrected chi connectivity index (χ0v) is 16.1. The first-order valence-corrected chi connectivity index (χ1v) is 10.3. The van der Waals surface area contributed by atoms with Gasteiger partial charge in [0.15, 0.2) is 5.16 Å². The van der Waals surface area contributed by atoms with Gasteiger partial charge in [-0.15, -0.1) is 22.7 Å². The zero-order chi connectivity index (χ0) is 17.1. The van der Waals surface area contributed by atoms with Gasteiger partial charge >= 0.3 is 0 Å². The summed E-state index contributed by atoms with van der Waals surface area (Å²) in [5.41, 5.74) is 1.97. The highest BCUT2D eigenvalue weighted by molar-refractivity contribution is 8.00. The molecule has 24 heavy (non-hydrogen) atoms. The Balaban J connectivity index is 1.87. The first-order valence-electron chi connectivity index (χ1n) is 7.69. The Morgan fingerprint density at radius 3 is 2.42 bits per heavy atom. The van der Waals surface area contributed by atoms with E-state index in [1.54, 1.807) is 22.7 Å². The standard InChI is InChI=1S/C17H19N3OS3/c1-10(2)18-16(21)11(3)24-17-19-14(12-6-4-8-22-12)15(20-17)13-7-5-9-23-13/h4-11H,1-3H3,(H,18,21)(H,19,20). The van der Waals surface area contributed by atoms with Gasteiger partial charge in [0.1, 0.15) is 5.69 Å². The summed E-state index contributed by atoms with van der Waals surface area (Å²) in [5.74, 6) is 0.0294. The summed E-state index contributed by atoms with van der Waals surface area (Å²) < 4.78 is 0. The first kappa shape index (κ1) is 17.3. The number of nitrogens with zero attached hydrogens (tertiary/aromatic N) is 1. The number of thioether (sulfide) groups is 1. The van der Waals surface area contributed by atoms with Crippen molar-refractivity contribution < 1.29 is 4.79 Å². The van der Waals surface area contributed by atoms with Crippen LogP contribution in [0.3, 0.4) is 0 Å². The number of aromatic nitrogens is 2. The Morgan fingerprint density at radius 1 is 1.17 bits per heavy atom. The van der Waals surface area contributed by atoms with Crippen molar-refractivity contribution in [2.24, 2.45) is 0 Å². The molecule has 1 atom stereocenters. The van der Waals surface area contributed by atoms with Crippen LogP contribution in [0.5, 0.6) is 0 Å². The average molecular weight is 378 g/mol. The quantitative estimate of drug-likeness (QED) is 0.602. The van der Waals surface area contributed by atoms with Gasteiger partial charge in [-0.3, -0.25) is 4.79 Å². The summed E-state index contributed by atoms with van der Waals surface area (Å²) in [5, 5.41) is 7.62. The van der Waals surface area contributed by atoms with Crippen molar-refractivity contribution in [2.45, 2.75) is 37.2 Å². The molecule has 3 aromatic rings. The number of thiophene rings is 2. The molecule has 0 bridgehead atoms. The Hall–Kier alpha value is -1.57. The lowest BCUT2D eigenvalue weighted by molar-refractivity contribution is -0.120. The van der Waals surface area contributed by atoms with Crippen LogP contribution in [-0.4, -0.2) is 27.2 Å². The van der Waals surface area contributed by atoms with Crippen molar-refractivity contribution in [3.05, 3.63) is 35.0 Å². The number of aromatic amines is 1. The molecule has 0 aliphatic rings. The predicted octanol–water partition coefficient (Wildman–Crippen LogP) is 4.87. The molecule has 0 saturated carbocycles. The van der Waals surface area contributed by atoms with Gasteiger partial charge in [0.25, 0.3) is 0 Å². The molecule has 1 unspecified atom stereocenters. The minimum Gasteiger partial charge on any atom is -0.353 e. The summed E-state index contributed by atoms with van der Waals surface area (Å²) in [6.07, 6.45) is 0. The van der Waals surface area contributed by atoms with Gasteiger partial charge in [-0.05, 0) is 43.7 Å². The maximum Gasteiger partial charge on any atom is 0.233 e. The topological polar surface area (TPSA) is 57.8 Å².